The van der Waals surface area contributed by atoms with Gasteiger partial charge in [0.25, 0.3) is 26.0 Å². The molecule has 3 aromatic rings. The molecule has 0 unspecified atom stereocenters. The maximum Gasteiger partial charge on any atom is 0.314 e. The summed E-state index contributed by atoms with van der Waals surface area (Å²) in [6.45, 7) is 3.53. The van der Waals surface area contributed by atoms with Crippen molar-refractivity contribution in [2.24, 2.45) is 0 Å². The standard InChI is InChI=1S/C18H18N4O6S2/c1-12-4-8-14(9-5-12)29(25,26)21(3)17(23)16-18(24)22(20-19-16)30(27,28)15-10-6-13(2)7-11-15/h4-11,20H,1-3H3. The Morgan fingerprint density at radius 1 is 0.900 bits per heavy atom. The molecule has 1 heterocycles. The Balaban J connectivity index is 1.99. The Labute approximate surface area is 172 Å². The van der Waals surface area contributed by atoms with E-state index in [9.17, 15) is 26.4 Å². The van der Waals surface area contributed by atoms with E-state index in [-0.39, 0.29) is 13.9 Å². The second-order valence-corrected chi connectivity index (χ2v) is 10.3. The predicted molar refractivity (Wildman–Crippen MR) is 107 cm³/mol. The third-order valence-corrected chi connectivity index (χ3v) is 7.72. The van der Waals surface area contributed by atoms with Gasteiger partial charge in [0.15, 0.2) is 0 Å². The average Bonchev–Trinajstić information content (AvgIpc) is 3.09. The summed E-state index contributed by atoms with van der Waals surface area (Å²) >= 11 is 0. The van der Waals surface area contributed by atoms with E-state index >= 15 is 0 Å². The van der Waals surface area contributed by atoms with Crippen LogP contribution in [0.3, 0.4) is 0 Å². The molecule has 30 heavy (non-hydrogen) atoms. The molecule has 0 spiro atoms. The van der Waals surface area contributed by atoms with Gasteiger partial charge in [-0.05, 0) is 38.1 Å². The van der Waals surface area contributed by atoms with Gasteiger partial charge < -0.3 is 0 Å². The minimum absolute atomic E-state index is 0.160. The number of nitrogens with one attached hydrogen (secondary N) is 1. The highest BCUT2D eigenvalue weighted by molar-refractivity contribution is 7.90. The highest BCUT2D eigenvalue weighted by atomic mass is 32.2. The third kappa shape index (κ3) is 3.66. The normalized spacial score (nSPS) is 12.0. The molecule has 0 aliphatic carbocycles. The highest BCUT2D eigenvalue weighted by Gasteiger charge is 2.32. The van der Waals surface area contributed by atoms with Crippen molar-refractivity contribution in [3.05, 3.63) is 75.7 Å². The number of amides is 1. The molecule has 0 aliphatic heterocycles. The van der Waals surface area contributed by atoms with Crippen LogP contribution >= 0.6 is 0 Å². The lowest BCUT2D eigenvalue weighted by molar-refractivity contribution is 0.0876. The van der Waals surface area contributed by atoms with Crippen molar-refractivity contribution in [2.45, 2.75) is 23.6 Å². The molecule has 2 aromatic carbocycles. The van der Waals surface area contributed by atoms with E-state index in [4.69, 9.17) is 0 Å². The monoisotopic (exact) mass is 450 g/mol. The molecular weight excluding hydrogens is 432 g/mol. The van der Waals surface area contributed by atoms with E-state index in [0.29, 0.717) is 4.31 Å². The number of aromatic amines is 1. The van der Waals surface area contributed by atoms with Crippen molar-refractivity contribution >= 4 is 26.0 Å². The van der Waals surface area contributed by atoms with Crippen LogP contribution in [0, 0.1) is 13.8 Å². The topological polar surface area (TPSA) is 139 Å². The molecule has 158 valence electrons. The summed E-state index contributed by atoms with van der Waals surface area (Å²) in [6, 6.07) is 11.4. The SMILES string of the molecule is Cc1ccc(S(=O)(=O)N(C)C(=O)c2n[nH]n(S(=O)(=O)c3ccc(C)cc3)c2=O)cc1. The first kappa shape index (κ1) is 21.5. The van der Waals surface area contributed by atoms with Gasteiger partial charge in [0.1, 0.15) is 0 Å². The van der Waals surface area contributed by atoms with Crippen LogP contribution < -0.4 is 5.56 Å². The zero-order valence-corrected chi connectivity index (χ0v) is 17.9. The lowest BCUT2D eigenvalue weighted by Crippen LogP contribution is -2.37. The van der Waals surface area contributed by atoms with Gasteiger partial charge >= 0.3 is 5.56 Å². The maximum atomic E-state index is 12.7. The summed E-state index contributed by atoms with van der Waals surface area (Å²) in [5, 5.41) is 5.44. The van der Waals surface area contributed by atoms with Gasteiger partial charge in [-0.15, -0.1) is 9.19 Å². The number of hydrogen-bond acceptors (Lipinski definition) is 7. The Hall–Kier alpha value is -3.25. The zero-order valence-electron chi connectivity index (χ0n) is 16.2. The molecule has 0 saturated carbocycles. The molecule has 3 rings (SSSR count). The van der Waals surface area contributed by atoms with Crippen LogP contribution in [0.2, 0.25) is 0 Å². The minimum atomic E-state index is -4.35. The first-order valence-electron chi connectivity index (χ1n) is 8.56. The molecular formula is C18H18N4O6S2. The van der Waals surface area contributed by atoms with Crippen molar-refractivity contribution < 1.29 is 21.6 Å². The first-order valence-corrected chi connectivity index (χ1v) is 11.4. The fourth-order valence-corrected chi connectivity index (χ4v) is 4.77. The van der Waals surface area contributed by atoms with Gasteiger partial charge in [0.2, 0.25) is 5.69 Å². The second kappa shape index (κ2) is 7.54. The second-order valence-electron chi connectivity index (χ2n) is 6.54. The number of H-pyrrole nitrogens is 1. The van der Waals surface area contributed by atoms with Crippen molar-refractivity contribution in [2.75, 3.05) is 7.05 Å². The average molecular weight is 450 g/mol. The zero-order chi connectivity index (χ0) is 22.3. The van der Waals surface area contributed by atoms with Crippen molar-refractivity contribution in [3.8, 4) is 0 Å². The van der Waals surface area contributed by atoms with Gasteiger partial charge in [-0.2, -0.15) is 8.42 Å². The molecule has 0 fully saturated rings. The lowest BCUT2D eigenvalue weighted by atomic mass is 10.2. The Morgan fingerprint density at radius 2 is 1.37 bits per heavy atom. The maximum absolute atomic E-state index is 12.7. The molecule has 1 N–H and O–H groups in total. The van der Waals surface area contributed by atoms with Crippen LogP contribution in [-0.2, 0) is 20.0 Å². The fourth-order valence-electron chi connectivity index (χ4n) is 2.53. The summed E-state index contributed by atoms with van der Waals surface area (Å²) in [6.07, 6.45) is 0. The summed E-state index contributed by atoms with van der Waals surface area (Å²) in [4.78, 5) is 24.8. The van der Waals surface area contributed by atoms with Crippen LogP contribution in [0.25, 0.3) is 0 Å². The lowest BCUT2D eigenvalue weighted by Gasteiger charge is -2.16. The van der Waals surface area contributed by atoms with Crippen LogP contribution in [0.5, 0.6) is 0 Å². The molecule has 0 bridgehead atoms. The number of sulfonamides is 1. The number of hydrogen-bond donors (Lipinski definition) is 1. The molecule has 1 aromatic heterocycles. The van der Waals surface area contributed by atoms with Crippen molar-refractivity contribution in [1.29, 1.82) is 0 Å². The molecule has 10 nitrogen and oxygen atoms in total. The Kier molecular flexibility index (Phi) is 5.39. The largest absolute Gasteiger partial charge is 0.314 e. The van der Waals surface area contributed by atoms with E-state index in [2.05, 4.69) is 5.10 Å². The quantitative estimate of drug-likeness (QED) is 0.609. The van der Waals surface area contributed by atoms with Gasteiger partial charge in [0, 0.05) is 7.05 Å². The van der Waals surface area contributed by atoms with Crippen molar-refractivity contribution in [1.82, 2.24) is 18.7 Å². The third-order valence-electron chi connectivity index (χ3n) is 4.37. The smallest absolute Gasteiger partial charge is 0.266 e. The summed E-state index contributed by atoms with van der Waals surface area (Å²) in [5.74, 6) is -1.27. The minimum Gasteiger partial charge on any atom is -0.266 e. The predicted octanol–water partition coefficient (Wildman–Crippen LogP) is 0.886. The number of rotatable bonds is 5. The molecule has 0 atom stereocenters. The summed E-state index contributed by atoms with van der Waals surface area (Å²) < 4.78 is 51.2. The Morgan fingerprint density at radius 3 is 1.87 bits per heavy atom. The van der Waals surface area contributed by atoms with E-state index < -0.39 is 37.2 Å². The Bertz CT molecular complexity index is 1370. The van der Waals surface area contributed by atoms with E-state index in [0.717, 1.165) is 18.2 Å². The number of carbonyl (C=O) groups is 1. The number of nitrogens with zero attached hydrogens (tertiary/aromatic N) is 3. The van der Waals surface area contributed by atoms with E-state index in [1.165, 1.54) is 24.3 Å². The first-order chi connectivity index (χ1) is 14.0. The highest BCUT2D eigenvalue weighted by Crippen LogP contribution is 2.17. The number of carbonyl (C=O) groups excluding carboxylic acids is 1. The fraction of sp³-hybridized carbons (Fsp3) is 0.167. The van der Waals surface area contributed by atoms with E-state index in [1.807, 2.05) is 5.21 Å². The van der Waals surface area contributed by atoms with Crippen LogP contribution in [0.4, 0.5) is 0 Å². The van der Waals surface area contributed by atoms with Gasteiger partial charge in [-0.25, -0.2) is 17.9 Å². The van der Waals surface area contributed by atoms with Gasteiger partial charge in [0.05, 0.1) is 9.79 Å². The van der Waals surface area contributed by atoms with Gasteiger partial charge in [-0.3, -0.25) is 9.59 Å². The number of aryl methyl sites for hydroxylation is 2. The van der Waals surface area contributed by atoms with Crippen LogP contribution in [0.15, 0.2) is 63.1 Å². The van der Waals surface area contributed by atoms with E-state index in [1.54, 1.807) is 38.1 Å². The number of benzene rings is 2. The van der Waals surface area contributed by atoms with Crippen LogP contribution in [-0.4, -0.2) is 48.5 Å². The van der Waals surface area contributed by atoms with Crippen molar-refractivity contribution in [3.63, 3.8) is 0 Å². The molecule has 12 heteroatoms. The molecule has 0 aliphatic rings. The summed E-state index contributed by atoms with van der Waals surface area (Å²) in [7, 11) is -7.66. The summed E-state index contributed by atoms with van der Waals surface area (Å²) in [5.41, 5.74) is -0.528. The molecule has 1 amide bonds. The van der Waals surface area contributed by atoms with Crippen LogP contribution in [0.1, 0.15) is 21.6 Å². The van der Waals surface area contributed by atoms with Gasteiger partial charge in [-0.1, -0.05) is 35.4 Å². The number of aromatic nitrogens is 3. The molecule has 0 saturated heterocycles. The molecule has 0 radical (unpaired) electrons.